The van der Waals surface area contributed by atoms with Crippen LogP contribution in [0.5, 0.6) is 0 Å². The molecule has 1 aromatic heterocycles. The van der Waals surface area contributed by atoms with Gasteiger partial charge in [0.15, 0.2) is 0 Å². The minimum atomic E-state index is -1.05. The highest BCUT2D eigenvalue weighted by Crippen LogP contribution is 2.29. The molecule has 0 saturated carbocycles. The van der Waals surface area contributed by atoms with E-state index in [0.717, 1.165) is 48.2 Å². The van der Waals surface area contributed by atoms with Gasteiger partial charge in [-0.05, 0) is 37.3 Å². The summed E-state index contributed by atoms with van der Waals surface area (Å²) in [7, 11) is 0. The number of para-hydroxylation sites is 1. The number of primary amides is 1. The summed E-state index contributed by atoms with van der Waals surface area (Å²) in [5.41, 5.74) is 7.27. The van der Waals surface area contributed by atoms with Gasteiger partial charge < -0.3 is 15.7 Å². The zero-order valence-corrected chi connectivity index (χ0v) is 12.6. The Kier molecular flexibility index (Phi) is 3.94. The Labute approximate surface area is 129 Å². The number of hydrogen-bond acceptors (Lipinski definition) is 5. The SMILES string of the molecule is Cc1cccc2c(N3CCC([C@H](O)C(N)=O)CC3)ncnc12. The van der Waals surface area contributed by atoms with E-state index in [1.165, 1.54) is 0 Å². The lowest BCUT2D eigenvalue weighted by molar-refractivity contribution is -0.129. The van der Waals surface area contributed by atoms with Crippen molar-refractivity contribution in [3.8, 4) is 0 Å². The van der Waals surface area contributed by atoms with E-state index < -0.39 is 12.0 Å². The van der Waals surface area contributed by atoms with Gasteiger partial charge in [0.2, 0.25) is 5.91 Å². The van der Waals surface area contributed by atoms with Gasteiger partial charge in [0.05, 0.1) is 5.52 Å². The summed E-state index contributed by atoms with van der Waals surface area (Å²) in [5, 5.41) is 10.8. The zero-order chi connectivity index (χ0) is 15.7. The van der Waals surface area contributed by atoms with Crippen LogP contribution < -0.4 is 10.6 Å². The van der Waals surface area contributed by atoms with E-state index in [0.29, 0.717) is 0 Å². The van der Waals surface area contributed by atoms with Crippen molar-refractivity contribution < 1.29 is 9.90 Å². The van der Waals surface area contributed by atoms with Crippen molar-refractivity contribution in [2.24, 2.45) is 11.7 Å². The quantitative estimate of drug-likeness (QED) is 0.882. The molecule has 1 amide bonds. The Morgan fingerprint density at radius 3 is 2.77 bits per heavy atom. The van der Waals surface area contributed by atoms with E-state index in [9.17, 15) is 9.90 Å². The van der Waals surface area contributed by atoms with Crippen molar-refractivity contribution in [3.05, 3.63) is 30.1 Å². The van der Waals surface area contributed by atoms with Crippen LogP contribution in [-0.2, 0) is 4.79 Å². The van der Waals surface area contributed by atoms with E-state index in [2.05, 4.69) is 14.9 Å². The van der Waals surface area contributed by atoms with E-state index in [-0.39, 0.29) is 5.92 Å². The molecule has 22 heavy (non-hydrogen) atoms. The molecule has 0 unspecified atom stereocenters. The maximum Gasteiger partial charge on any atom is 0.246 e. The van der Waals surface area contributed by atoms with Crippen molar-refractivity contribution in [1.29, 1.82) is 0 Å². The molecule has 0 spiro atoms. The van der Waals surface area contributed by atoms with Gasteiger partial charge in [-0.15, -0.1) is 0 Å². The first-order chi connectivity index (χ1) is 10.6. The topological polar surface area (TPSA) is 92.3 Å². The second-order valence-electron chi connectivity index (χ2n) is 5.84. The molecule has 0 aliphatic carbocycles. The molecular formula is C16H20N4O2. The number of piperidine rings is 1. The van der Waals surface area contributed by atoms with Crippen LogP contribution in [0.4, 0.5) is 5.82 Å². The molecule has 116 valence electrons. The summed E-state index contributed by atoms with van der Waals surface area (Å²) in [6.45, 7) is 3.53. The van der Waals surface area contributed by atoms with E-state index >= 15 is 0 Å². The molecule has 1 aliphatic rings. The number of aliphatic hydroxyl groups excluding tert-OH is 1. The number of rotatable bonds is 3. The summed E-state index contributed by atoms with van der Waals surface area (Å²) in [4.78, 5) is 22.1. The predicted molar refractivity (Wildman–Crippen MR) is 84.4 cm³/mol. The Balaban J connectivity index is 1.83. The number of carbonyl (C=O) groups excluding carboxylic acids is 1. The molecule has 1 atom stereocenters. The molecule has 1 aliphatic heterocycles. The molecule has 1 saturated heterocycles. The highest BCUT2D eigenvalue weighted by atomic mass is 16.3. The largest absolute Gasteiger partial charge is 0.383 e. The van der Waals surface area contributed by atoms with Crippen LogP contribution >= 0.6 is 0 Å². The monoisotopic (exact) mass is 300 g/mol. The standard InChI is InChI=1S/C16H20N4O2/c1-10-3-2-4-12-13(10)18-9-19-16(12)20-7-5-11(6-8-20)14(21)15(17)22/h2-4,9,11,14,21H,5-8H2,1H3,(H2,17,22)/t14-/m0/s1. The number of aromatic nitrogens is 2. The Hall–Kier alpha value is -2.21. The lowest BCUT2D eigenvalue weighted by atomic mass is 9.91. The number of fused-ring (bicyclic) bond motifs is 1. The average Bonchev–Trinajstić information content (AvgIpc) is 2.54. The van der Waals surface area contributed by atoms with Crippen molar-refractivity contribution in [1.82, 2.24) is 9.97 Å². The Bertz CT molecular complexity index is 696. The number of aryl methyl sites for hydroxylation is 1. The summed E-state index contributed by atoms with van der Waals surface area (Å²) in [6.07, 6.45) is 1.99. The Morgan fingerprint density at radius 1 is 1.36 bits per heavy atom. The molecule has 2 aromatic rings. The maximum absolute atomic E-state index is 11.1. The van der Waals surface area contributed by atoms with Crippen LogP contribution in [0.15, 0.2) is 24.5 Å². The number of carbonyl (C=O) groups is 1. The van der Waals surface area contributed by atoms with Gasteiger partial charge in [-0.3, -0.25) is 4.79 Å². The summed E-state index contributed by atoms with van der Waals surface area (Å²) >= 11 is 0. The number of aliphatic hydroxyl groups is 1. The lowest BCUT2D eigenvalue weighted by Gasteiger charge is -2.34. The smallest absolute Gasteiger partial charge is 0.246 e. The average molecular weight is 300 g/mol. The van der Waals surface area contributed by atoms with Gasteiger partial charge in [-0.1, -0.05) is 12.1 Å². The third-order valence-corrected chi connectivity index (χ3v) is 4.42. The number of amides is 1. The van der Waals surface area contributed by atoms with Gasteiger partial charge in [0.1, 0.15) is 18.2 Å². The lowest BCUT2D eigenvalue weighted by Crippen LogP contribution is -2.43. The van der Waals surface area contributed by atoms with Crippen LogP contribution in [0.3, 0.4) is 0 Å². The Morgan fingerprint density at radius 2 is 2.09 bits per heavy atom. The minimum absolute atomic E-state index is 0.0661. The second-order valence-corrected chi connectivity index (χ2v) is 5.84. The highest BCUT2D eigenvalue weighted by molar-refractivity contribution is 5.91. The fourth-order valence-electron chi connectivity index (χ4n) is 3.13. The van der Waals surface area contributed by atoms with E-state index in [4.69, 9.17) is 5.73 Å². The van der Waals surface area contributed by atoms with Gasteiger partial charge in [0, 0.05) is 18.5 Å². The molecule has 6 heteroatoms. The number of nitrogens with two attached hydrogens (primary N) is 1. The second kappa shape index (κ2) is 5.88. The van der Waals surface area contributed by atoms with Crippen LogP contribution in [-0.4, -0.2) is 40.2 Å². The van der Waals surface area contributed by atoms with Gasteiger partial charge >= 0.3 is 0 Å². The summed E-state index contributed by atoms with van der Waals surface area (Å²) in [5.74, 6) is 0.214. The third kappa shape index (κ3) is 2.62. The van der Waals surface area contributed by atoms with Crippen LogP contribution in [0.25, 0.3) is 10.9 Å². The van der Waals surface area contributed by atoms with Crippen molar-refractivity contribution >= 4 is 22.6 Å². The number of anilines is 1. The molecule has 0 radical (unpaired) electrons. The number of nitrogens with zero attached hydrogens (tertiary/aromatic N) is 3. The maximum atomic E-state index is 11.1. The fraction of sp³-hybridized carbons (Fsp3) is 0.438. The first kappa shape index (κ1) is 14.7. The number of hydrogen-bond donors (Lipinski definition) is 2. The van der Waals surface area contributed by atoms with Crippen LogP contribution in [0, 0.1) is 12.8 Å². The van der Waals surface area contributed by atoms with Crippen LogP contribution in [0.2, 0.25) is 0 Å². The summed E-state index contributed by atoms with van der Waals surface area (Å²) < 4.78 is 0. The van der Waals surface area contributed by atoms with Gasteiger partial charge in [-0.2, -0.15) is 0 Å². The molecular weight excluding hydrogens is 280 g/mol. The minimum Gasteiger partial charge on any atom is -0.383 e. The summed E-state index contributed by atoms with van der Waals surface area (Å²) in [6, 6.07) is 6.07. The van der Waals surface area contributed by atoms with Crippen molar-refractivity contribution in [2.75, 3.05) is 18.0 Å². The van der Waals surface area contributed by atoms with Crippen molar-refractivity contribution in [3.63, 3.8) is 0 Å². The molecule has 1 fully saturated rings. The predicted octanol–water partition coefficient (Wildman–Crippen LogP) is 1.00. The van der Waals surface area contributed by atoms with E-state index in [1.807, 2.05) is 25.1 Å². The zero-order valence-electron chi connectivity index (χ0n) is 12.6. The van der Waals surface area contributed by atoms with Gasteiger partial charge in [-0.25, -0.2) is 9.97 Å². The molecule has 3 N–H and O–H groups in total. The fourth-order valence-corrected chi connectivity index (χ4v) is 3.13. The van der Waals surface area contributed by atoms with E-state index in [1.54, 1.807) is 6.33 Å². The first-order valence-electron chi connectivity index (χ1n) is 7.50. The number of benzene rings is 1. The molecule has 6 nitrogen and oxygen atoms in total. The normalized spacial score (nSPS) is 17.6. The third-order valence-electron chi connectivity index (χ3n) is 4.42. The van der Waals surface area contributed by atoms with Crippen molar-refractivity contribution in [2.45, 2.75) is 25.9 Å². The highest BCUT2D eigenvalue weighted by Gasteiger charge is 2.29. The molecule has 1 aromatic carbocycles. The molecule has 0 bridgehead atoms. The first-order valence-corrected chi connectivity index (χ1v) is 7.50. The molecule has 2 heterocycles. The molecule has 3 rings (SSSR count). The van der Waals surface area contributed by atoms with Crippen LogP contribution in [0.1, 0.15) is 18.4 Å². The van der Waals surface area contributed by atoms with Gasteiger partial charge in [0.25, 0.3) is 0 Å².